The van der Waals surface area contributed by atoms with E-state index in [-0.39, 0.29) is 28.5 Å². The Morgan fingerprint density at radius 3 is 2.76 bits per heavy atom. The molecule has 0 aliphatic heterocycles. The SMILES string of the molecule is CCC(F)c1c(Cl)ccc(OC(=O)c2ccccn2)c1F. The monoisotopic (exact) mass is 311 g/mol. The fourth-order valence-corrected chi connectivity index (χ4v) is 2.02. The molecule has 0 spiro atoms. The van der Waals surface area contributed by atoms with Gasteiger partial charge in [-0.05, 0) is 30.7 Å². The number of carbonyl (C=O) groups excluding carboxylic acids is 1. The molecule has 1 aromatic carbocycles. The molecule has 1 atom stereocenters. The number of hydrogen-bond donors (Lipinski definition) is 0. The highest BCUT2D eigenvalue weighted by molar-refractivity contribution is 6.31. The van der Waals surface area contributed by atoms with E-state index in [0.717, 1.165) is 0 Å². The second kappa shape index (κ2) is 6.63. The van der Waals surface area contributed by atoms with Crippen LogP contribution in [0.2, 0.25) is 5.02 Å². The number of ether oxygens (including phenoxy) is 1. The lowest BCUT2D eigenvalue weighted by Gasteiger charge is -2.12. The second-order valence-corrected chi connectivity index (χ2v) is 4.66. The summed E-state index contributed by atoms with van der Waals surface area (Å²) in [4.78, 5) is 15.6. The van der Waals surface area contributed by atoms with Gasteiger partial charge in [-0.25, -0.2) is 18.6 Å². The second-order valence-electron chi connectivity index (χ2n) is 4.25. The minimum atomic E-state index is -1.56. The summed E-state index contributed by atoms with van der Waals surface area (Å²) in [6.07, 6.45) is -0.0885. The molecular weight excluding hydrogens is 300 g/mol. The molecular formula is C15H12ClF2NO2. The quantitative estimate of drug-likeness (QED) is 0.616. The number of benzene rings is 1. The van der Waals surface area contributed by atoms with Crippen molar-refractivity contribution in [3.05, 3.63) is 58.6 Å². The number of aromatic nitrogens is 1. The zero-order valence-corrected chi connectivity index (χ0v) is 11.9. The lowest BCUT2D eigenvalue weighted by Crippen LogP contribution is -2.12. The maximum absolute atomic E-state index is 14.2. The van der Waals surface area contributed by atoms with Gasteiger partial charge >= 0.3 is 5.97 Å². The van der Waals surface area contributed by atoms with Crippen LogP contribution in [0.25, 0.3) is 0 Å². The van der Waals surface area contributed by atoms with E-state index in [4.69, 9.17) is 16.3 Å². The van der Waals surface area contributed by atoms with Crippen molar-refractivity contribution in [1.29, 1.82) is 0 Å². The molecule has 0 bridgehead atoms. The summed E-state index contributed by atoms with van der Waals surface area (Å²) in [6, 6.07) is 7.14. The average Bonchev–Trinajstić information content (AvgIpc) is 2.50. The Hall–Kier alpha value is -2.01. The standard InChI is InChI=1S/C15H12ClF2NO2/c1-2-10(17)13-9(16)6-7-12(14(13)18)21-15(20)11-5-3-4-8-19-11/h3-8,10H,2H2,1H3. The van der Waals surface area contributed by atoms with Crippen molar-refractivity contribution in [3.63, 3.8) is 0 Å². The van der Waals surface area contributed by atoms with Crippen molar-refractivity contribution < 1.29 is 18.3 Å². The van der Waals surface area contributed by atoms with E-state index < -0.39 is 18.0 Å². The van der Waals surface area contributed by atoms with Crippen LogP contribution in [-0.4, -0.2) is 11.0 Å². The van der Waals surface area contributed by atoms with Gasteiger partial charge in [0.15, 0.2) is 11.6 Å². The van der Waals surface area contributed by atoms with Gasteiger partial charge < -0.3 is 4.74 Å². The third kappa shape index (κ3) is 3.36. The zero-order chi connectivity index (χ0) is 15.4. The van der Waals surface area contributed by atoms with Crippen LogP contribution < -0.4 is 4.74 Å². The van der Waals surface area contributed by atoms with Gasteiger partial charge in [-0.1, -0.05) is 24.6 Å². The van der Waals surface area contributed by atoms with Crippen LogP contribution in [0.5, 0.6) is 5.75 Å². The summed E-state index contributed by atoms with van der Waals surface area (Å²) in [7, 11) is 0. The topological polar surface area (TPSA) is 39.2 Å². The summed E-state index contributed by atoms with van der Waals surface area (Å²) in [5.74, 6) is -2.17. The first kappa shape index (κ1) is 15.4. The van der Waals surface area contributed by atoms with Gasteiger partial charge in [0.25, 0.3) is 0 Å². The van der Waals surface area contributed by atoms with Gasteiger partial charge in [0, 0.05) is 16.8 Å². The van der Waals surface area contributed by atoms with Crippen molar-refractivity contribution in [1.82, 2.24) is 4.98 Å². The molecule has 0 amide bonds. The Labute approximate surface area is 125 Å². The molecule has 3 nitrogen and oxygen atoms in total. The predicted octanol–water partition coefficient (Wildman–Crippen LogP) is 4.51. The number of hydrogen-bond acceptors (Lipinski definition) is 3. The Balaban J connectivity index is 2.31. The van der Waals surface area contributed by atoms with Crippen molar-refractivity contribution in [2.24, 2.45) is 0 Å². The molecule has 1 unspecified atom stereocenters. The van der Waals surface area contributed by atoms with E-state index in [2.05, 4.69) is 4.98 Å². The molecule has 2 aromatic rings. The summed E-state index contributed by atoms with van der Waals surface area (Å²) in [5.41, 5.74) is -0.272. The first-order valence-electron chi connectivity index (χ1n) is 6.29. The molecule has 2 rings (SSSR count). The van der Waals surface area contributed by atoms with E-state index in [1.807, 2.05) is 0 Å². The van der Waals surface area contributed by atoms with Crippen molar-refractivity contribution in [2.45, 2.75) is 19.5 Å². The van der Waals surface area contributed by atoms with Gasteiger partial charge in [-0.3, -0.25) is 0 Å². The molecule has 0 saturated carbocycles. The maximum atomic E-state index is 14.2. The number of pyridine rings is 1. The van der Waals surface area contributed by atoms with Crippen molar-refractivity contribution in [3.8, 4) is 5.75 Å². The predicted molar refractivity (Wildman–Crippen MR) is 74.7 cm³/mol. The normalized spacial score (nSPS) is 12.0. The Morgan fingerprint density at radius 2 is 2.14 bits per heavy atom. The molecule has 6 heteroatoms. The molecule has 0 fully saturated rings. The highest BCUT2D eigenvalue weighted by atomic mass is 35.5. The van der Waals surface area contributed by atoms with Crippen LogP contribution in [0, 0.1) is 5.82 Å². The number of rotatable bonds is 4. The van der Waals surface area contributed by atoms with E-state index in [1.54, 1.807) is 19.1 Å². The number of alkyl halides is 1. The molecule has 0 aliphatic carbocycles. The number of nitrogens with zero attached hydrogens (tertiary/aromatic N) is 1. The van der Waals surface area contributed by atoms with Crippen LogP contribution in [0.4, 0.5) is 8.78 Å². The van der Waals surface area contributed by atoms with E-state index >= 15 is 0 Å². The van der Waals surface area contributed by atoms with Crippen LogP contribution in [0.15, 0.2) is 36.5 Å². The Morgan fingerprint density at radius 1 is 1.38 bits per heavy atom. The van der Waals surface area contributed by atoms with Gasteiger partial charge in [-0.2, -0.15) is 0 Å². The average molecular weight is 312 g/mol. The first-order valence-corrected chi connectivity index (χ1v) is 6.67. The van der Waals surface area contributed by atoms with Gasteiger partial charge in [0.05, 0.1) is 0 Å². The molecule has 1 heterocycles. The maximum Gasteiger partial charge on any atom is 0.362 e. The summed E-state index contributed by atoms with van der Waals surface area (Å²) in [6.45, 7) is 1.56. The van der Waals surface area contributed by atoms with Crippen LogP contribution >= 0.6 is 11.6 Å². The summed E-state index contributed by atoms with van der Waals surface area (Å²) < 4.78 is 32.9. The van der Waals surface area contributed by atoms with E-state index in [9.17, 15) is 13.6 Å². The van der Waals surface area contributed by atoms with Crippen LogP contribution in [0.3, 0.4) is 0 Å². The van der Waals surface area contributed by atoms with E-state index in [1.165, 1.54) is 24.4 Å². The molecule has 1 aromatic heterocycles. The highest BCUT2D eigenvalue weighted by Crippen LogP contribution is 2.35. The van der Waals surface area contributed by atoms with Crippen LogP contribution in [0.1, 0.15) is 35.6 Å². The summed E-state index contributed by atoms with van der Waals surface area (Å²) >= 11 is 5.80. The fourth-order valence-electron chi connectivity index (χ4n) is 1.76. The third-order valence-electron chi connectivity index (χ3n) is 2.84. The van der Waals surface area contributed by atoms with Gasteiger partial charge in [-0.15, -0.1) is 0 Å². The Bertz CT molecular complexity index is 650. The molecule has 0 saturated heterocycles. The smallest absolute Gasteiger partial charge is 0.362 e. The molecule has 110 valence electrons. The van der Waals surface area contributed by atoms with E-state index in [0.29, 0.717) is 0 Å². The first-order chi connectivity index (χ1) is 10.0. The number of carbonyl (C=O) groups is 1. The summed E-state index contributed by atoms with van der Waals surface area (Å²) in [5, 5.41) is -0.0421. The Kier molecular flexibility index (Phi) is 4.85. The fraction of sp³-hybridized carbons (Fsp3) is 0.200. The van der Waals surface area contributed by atoms with Crippen molar-refractivity contribution >= 4 is 17.6 Å². The number of halogens is 3. The molecule has 0 N–H and O–H groups in total. The lowest BCUT2D eigenvalue weighted by atomic mass is 10.1. The zero-order valence-electron chi connectivity index (χ0n) is 11.1. The molecule has 21 heavy (non-hydrogen) atoms. The number of esters is 1. The minimum absolute atomic E-state index is 0.0284. The molecule has 0 aliphatic rings. The molecule has 0 radical (unpaired) electrons. The van der Waals surface area contributed by atoms with Gasteiger partial charge in [0.1, 0.15) is 11.9 Å². The lowest BCUT2D eigenvalue weighted by molar-refractivity contribution is 0.0720. The minimum Gasteiger partial charge on any atom is -0.419 e. The van der Waals surface area contributed by atoms with Crippen LogP contribution in [-0.2, 0) is 0 Å². The van der Waals surface area contributed by atoms with Crippen molar-refractivity contribution in [2.75, 3.05) is 0 Å². The third-order valence-corrected chi connectivity index (χ3v) is 3.17. The largest absolute Gasteiger partial charge is 0.419 e. The highest BCUT2D eigenvalue weighted by Gasteiger charge is 2.22. The van der Waals surface area contributed by atoms with Gasteiger partial charge in [0.2, 0.25) is 0 Å².